The smallest absolute Gasteiger partial charge is 0.355 e. The van der Waals surface area contributed by atoms with E-state index in [0.29, 0.717) is 0 Å². The maximum atomic E-state index is 12.4. The quantitative estimate of drug-likeness (QED) is 0.421. The zero-order valence-corrected chi connectivity index (χ0v) is 15.1. The first-order valence-electron chi connectivity index (χ1n) is 7.72. The molecule has 0 aromatic heterocycles. The van der Waals surface area contributed by atoms with E-state index < -0.39 is 44.5 Å². The largest absolute Gasteiger partial charge is 0.465 e. The van der Waals surface area contributed by atoms with Gasteiger partial charge in [-0.15, -0.1) is 0 Å². The number of nitro groups is 2. The van der Waals surface area contributed by atoms with Gasteiger partial charge < -0.3 is 9.47 Å². The van der Waals surface area contributed by atoms with Gasteiger partial charge in [-0.05, 0) is 25.1 Å². The van der Waals surface area contributed by atoms with Crippen LogP contribution in [-0.4, -0.2) is 36.0 Å². The number of carbonyl (C=O) groups is 2. The lowest BCUT2D eigenvalue weighted by atomic mass is 10.1. The molecule has 28 heavy (non-hydrogen) atoms. The van der Waals surface area contributed by atoms with E-state index in [1.165, 1.54) is 37.4 Å². The first kappa shape index (κ1) is 20.3. The topological polar surface area (TPSA) is 142 Å². The average Bonchev–Trinajstić information content (AvgIpc) is 2.88. The number of nitro benzene ring substituents is 2. The number of methoxy groups -OCH3 is 2. The third-order valence-corrected chi connectivity index (χ3v) is 3.84. The summed E-state index contributed by atoms with van der Waals surface area (Å²) in [7, 11) is 2.12. The summed E-state index contributed by atoms with van der Waals surface area (Å²) < 4.78 is 9.35. The molecule has 1 heterocycles. The molecule has 0 spiro atoms. The molecule has 0 aliphatic carbocycles. The molecule has 1 aliphatic heterocycles. The van der Waals surface area contributed by atoms with Crippen molar-refractivity contribution < 1.29 is 28.9 Å². The van der Waals surface area contributed by atoms with Gasteiger partial charge in [-0.1, -0.05) is 6.08 Å². The van der Waals surface area contributed by atoms with Crippen LogP contribution in [0.3, 0.4) is 0 Å². The molecular weight excluding hydrogens is 374 g/mol. The van der Waals surface area contributed by atoms with E-state index in [1.807, 2.05) is 0 Å². The van der Waals surface area contributed by atoms with Crippen LogP contribution in [0.4, 0.5) is 17.1 Å². The van der Waals surface area contributed by atoms with Gasteiger partial charge in [-0.25, -0.2) is 9.59 Å². The Bertz CT molecular complexity index is 961. The molecule has 0 fully saturated rings. The van der Waals surface area contributed by atoms with Gasteiger partial charge in [-0.3, -0.25) is 25.1 Å². The highest BCUT2D eigenvalue weighted by Gasteiger charge is 2.37. The van der Waals surface area contributed by atoms with E-state index in [2.05, 4.69) is 4.74 Å². The standard InChI is InChI=1S/C17H15N3O8/c1-10-7-8-12(19(23)24)15(13(10)20(25)26)18-9-5-4-6-11(16(21)27-2)14(18)17(22)28-3/h4-9H,1-3H3. The van der Waals surface area contributed by atoms with Crippen LogP contribution in [0.1, 0.15) is 5.56 Å². The molecule has 11 heteroatoms. The van der Waals surface area contributed by atoms with Gasteiger partial charge >= 0.3 is 17.6 Å². The minimum atomic E-state index is -1.04. The Hall–Kier alpha value is -4.02. The molecule has 0 radical (unpaired) electrons. The fourth-order valence-electron chi connectivity index (χ4n) is 2.62. The SMILES string of the molecule is COC(=O)C1=C(C(=O)OC)N(c2c([N+](=O)[O-])ccc(C)c2[N+](=O)[O-])C=CC=C1. The molecule has 146 valence electrons. The van der Waals surface area contributed by atoms with Crippen molar-refractivity contribution in [3.63, 3.8) is 0 Å². The van der Waals surface area contributed by atoms with Crippen molar-refractivity contribution >= 4 is 29.0 Å². The third kappa shape index (κ3) is 3.58. The van der Waals surface area contributed by atoms with E-state index in [9.17, 15) is 29.8 Å². The minimum absolute atomic E-state index is 0.125. The summed E-state index contributed by atoms with van der Waals surface area (Å²) in [4.78, 5) is 47.1. The highest BCUT2D eigenvalue weighted by Crippen LogP contribution is 2.42. The zero-order valence-electron chi connectivity index (χ0n) is 15.1. The third-order valence-electron chi connectivity index (χ3n) is 3.84. The number of benzene rings is 1. The van der Waals surface area contributed by atoms with Crippen molar-refractivity contribution in [3.8, 4) is 0 Å². The van der Waals surface area contributed by atoms with Crippen LogP contribution < -0.4 is 4.90 Å². The Morgan fingerprint density at radius 3 is 2.18 bits per heavy atom. The minimum Gasteiger partial charge on any atom is -0.465 e. The van der Waals surface area contributed by atoms with Crippen LogP contribution in [0.2, 0.25) is 0 Å². The molecule has 1 aromatic rings. The van der Waals surface area contributed by atoms with Crippen molar-refractivity contribution in [3.05, 3.63) is 73.6 Å². The highest BCUT2D eigenvalue weighted by molar-refractivity contribution is 6.06. The monoisotopic (exact) mass is 389 g/mol. The summed E-state index contributed by atoms with van der Waals surface area (Å²) in [5, 5.41) is 23.2. The van der Waals surface area contributed by atoms with Crippen molar-refractivity contribution in [1.29, 1.82) is 0 Å². The maximum Gasteiger partial charge on any atom is 0.355 e. The fourth-order valence-corrected chi connectivity index (χ4v) is 2.62. The molecule has 0 bridgehead atoms. The van der Waals surface area contributed by atoms with E-state index in [4.69, 9.17) is 4.74 Å². The molecule has 0 atom stereocenters. The summed E-state index contributed by atoms with van der Waals surface area (Å²) >= 11 is 0. The number of carbonyl (C=O) groups excluding carboxylic acids is 2. The normalized spacial score (nSPS) is 13.2. The molecule has 0 unspecified atom stereocenters. The lowest BCUT2D eigenvalue weighted by molar-refractivity contribution is -0.392. The first-order valence-corrected chi connectivity index (χ1v) is 7.72. The Morgan fingerprint density at radius 1 is 1.00 bits per heavy atom. The summed E-state index contributed by atoms with van der Waals surface area (Å²) in [6.07, 6.45) is 5.16. The number of anilines is 1. The van der Waals surface area contributed by atoms with E-state index in [0.717, 1.165) is 25.2 Å². The fraction of sp³-hybridized carbons (Fsp3) is 0.176. The number of rotatable bonds is 5. The number of hydrogen-bond donors (Lipinski definition) is 0. The van der Waals surface area contributed by atoms with Crippen LogP contribution in [-0.2, 0) is 19.1 Å². The van der Waals surface area contributed by atoms with Gasteiger partial charge in [0.1, 0.15) is 5.70 Å². The molecule has 0 saturated heterocycles. The Kier molecular flexibility index (Phi) is 5.88. The molecule has 0 N–H and O–H groups in total. The predicted molar refractivity (Wildman–Crippen MR) is 96.3 cm³/mol. The number of esters is 2. The van der Waals surface area contributed by atoms with Crippen molar-refractivity contribution in [1.82, 2.24) is 0 Å². The first-order chi connectivity index (χ1) is 13.2. The van der Waals surface area contributed by atoms with Gasteiger partial charge in [-0.2, -0.15) is 0 Å². The van der Waals surface area contributed by atoms with Gasteiger partial charge in [0.15, 0.2) is 0 Å². The van der Waals surface area contributed by atoms with Gasteiger partial charge in [0.05, 0.1) is 29.6 Å². The van der Waals surface area contributed by atoms with E-state index in [-0.39, 0.29) is 11.1 Å². The molecule has 2 rings (SSSR count). The second-order valence-corrected chi connectivity index (χ2v) is 5.43. The van der Waals surface area contributed by atoms with Crippen molar-refractivity contribution in [2.45, 2.75) is 6.92 Å². The van der Waals surface area contributed by atoms with E-state index in [1.54, 1.807) is 0 Å². The lowest BCUT2D eigenvalue weighted by Crippen LogP contribution is -2.28. The second-order valence-electron chi connectivity index (χ2n) is 5.43. The zero-order chi connectivity index (χ0) is 21.0. The second kappa shape index (κ2) is 8.12. The number of hydrogen-bond acceptors (Lipinski definition) is 9. The summed E-state index contributed by atoms with van der Waals surface area (Å²) in [5.41, 5.74) is -2.33. The summed E-state index contributed by atoms with van der Waals surface area (Å²) in [6, 6.07) is 2.30. The molecule has 1 aliphatic rings. The Balaban J connectivity index is 2.97. The average molecular weight is 389 g/mol. The van der Waals surface area contributed by atoms with Crippen LogP contribution >= 0.6 is 0 Å². The van der Waals surface area contributed by atoms with Crippen molar-refractivity contribution in [2.75, 3.05) is 19.1 Å². The molecular formula is C17H15N3O8. The van der Waals surface area contributed by atoms with Gasteiger partial charge in [0.2, 0.25) is 5.69 Å². The van der Waals surface area contributed by atoms with Crippen LogP contribution in [0.5, 0.6) is 0 Å². The lowest BCUT2D eigenvalue weighted by Gasteiger charge is -2.23. The molecule has 11 nitrogen and oxygen atoms in total. The van der Waals surface area contributed by atoms with Crippen LogP contribution in [0, 0.1) is 27.2 Å². The number of aryl methyl sites for hydroxylation is 1. The number of ether oxygens (including phenoxy) is 2. The molecule has 0 amide bonds. The predicted octanol–water partition coefficient (Wildman–Crippen LogP) is 2.30. The molecule has 0 saturated carbocycles. The Labute approximate surface area is 158 Å². The van der Waals surface area contributed by atoms with E-state index >= 15 is 0 Å². The maximum absolute atomic E-state index is 12.4. The van der Waals surface area contributed by atoms with Gasteiger partial charge in [0, 0.05) is 17.8 Å². The summed E-state index contributed by atoms with van der Waals surface area (Å²) in [6.45, 7) is 1.40. The number of allylic oxidation sites excluding steroid dienone is 2. The number of nitrogens with zero attached hydrogens (tertiary/aromatic N) is 3. The van der Waals surface area contributed by atoms with Crippen LogP contribution in [0.25, 0.3) is 0 Å². The van der Waals surface area contributed by atoms with Crippen molar-refractivity contribution in [2.24, 2.45) is 0 Å². The molecule has 1 aromatic carbocycles. The van der Waals surface area contributed by atoms with Crippen LogP contribution in [0.15, 0.2) is 47.8 Å². The highest BCUT2D eigenvalue weighted by atomic mass is 16.6. The van der Waals surface area contributed by atoms with Gasteiger partial charge in [0.25, 0.3) is 5.69 Å². The summed E-state index contributed by atoms with van der Waals surface area (Å²) in [5.74, 6) is -1.97. The Morgan fingerprint density at radius 2 is 1.64 bits per heavy atom.